The molecule has 0 N–H and O–H groups in total. The summed E-state index contributed by atoms with van der Waals surface area (Å²) < 4.78 is 0. The molecule has 4 aliphatic carbocycles. The van der Waals surface area contributed by atoms with Gasteiger partial charge in [-0.2, -0.15) is 0 Å². The van der Waals surface area contributed by atoms with E-state index in [0.29, 0.717) is 0 Å². The quantitative estimate of drug-likeness (QED) is 0.534. The summed E-state index contributed by atoms with van der Waals surface area (Å²) in [7, 11) is 0. The Bertz CT molecular complexity index is 154. The molecule has 0 spiro atoms. The zero-order valence-corrected chi connectivity index (χ0v) is 9.38. The lowest BCUT2D eigenvalue weighted by Crippen LogP contribution is -1.91. The fraction of sp³-hybridized carbons (Fsp3) is 1.00. The van der Waals surface area contributed by atoms with Gasteiger partial charge in [-0.15, -0.1) is 0 Å². The van der Waals surface area contributed by atoms with Crippen molar-refractivity contribution >= 4 is 0 Å². The summed E-state index contributed by atoms with van der Waals surface area (Å²) in [6.07, 6.45) is 15.5. The molecule has 0 radical (unpaired) electrons. The summed E-state index contributed by atoms with van der Waals surface area (Å²) in [5.74, 6) is 4.81. The van der Waals surface area contributed by atoms with Gasteiger partial charge in [-0.05, 0) is 36.5 Å². The van der Waals surface area contributed by atoms with E-state index in [0.717, 1.165) is 0 Å². The van der Waals surface area contributed by atoms with Gasteiger partial charge in [-0.25, -0.2) is 0 Å². The van der Waals surface area contributed by atoms with E-state index in [9.17, 15) is 0 Å². The van der Waals surface area contributed by atoms with Gasteiger partial charge in [0.25, 0.3) is 0 Å². The molecular weight excluding hydrogens is 168 g/mol. The number of hydrogen-bond acceptors (Lipinski definition) is 0. The van der Waals surface area contributed by atoms with Gasteiger partial charge in [0.15, 0.2) is 0 Å². The molecule has 0 aliphatic heterocycles. The van der Waals surface area contributed by atoms with Gasteiger partial charge in [0.05, 0.1) is 0 Å². The first-order chi connectivity index (χ1) is 6.93. The Morgan fingerprint density at radius 3 is 0.929 bits per heavy atom. The van der Waals surface area contributed by atoms with Crippen LogP contribution >= 0.6 is 0 Å². The fourth-order valence-electron chi connectivity index (χ4n) is 3.66. The van der Waals surface area contributed by atoms with Crippen LogP contribution in [-0.4, -0.2) is 0 Å². The Labute approximate surface area is 88.5 Å². The van der Waals surface area contributed by atoms with Gasteiger partial charge in [-0.1, -0.05) is 51.4 Å². The smallest absolute Gasteiger partial charge is 0.0383 e. The third-order valence-electron chi connectivity index (χ3n) is 4.94. The van der Waals surface area contributed by atoms with Crippen LogP contribution in [0.3, 0.4) is 0 Å². The van der Waals surface area contributed by atoms with Crippen LogP contribution in [-0.2, 0) is 0 Å². The molecule has 80 valence electrons. The summed E-state index contributed by atoms with van der Waals surface area (Å²) in [5, 5.41) is 0. The molecular formula is C14H24. The van der Waals surface area contributed by atoms with Gasteiger partial charge in [-0.3, -0.25) is 0 Å². The fourth-order valence-corrected chi connectivity index (χ4v) is 3.66. The lowest BCUT2D eigenvalue weighted by atomic mass is 10.0. The van der Waals surface area contributed by atoms with Crippen LogP contribution < -0.4 is 0 Å². The van der Waals surface area contributed by atoms with E-state index in [4.69, 9.17) is 0 Å². The first kappa shape index (κ1) is 9.24. The molecule has 0 saturated heterocycles. The highest BCUT2D eigenvalue weighted by molar-refractivity contribution is 4.89. The SMILES string of the molecule is C1CCC2CC2C1.C1CCC2CC2C1. The molecule has 4 unspecified atom stereocenters. The predicted octanol–water partition coefficient (Wildman–Crippen LogP) is 4.39. The summed E-state index contributed by atoms with van der Waals surface area (Å²) in [6, 6.07) is 0. The first-order valence-corrected chi connectivity index (χ1v) is 6.93. The molecule has 4 aliphatic rings. The minimum atomic E-state index is 1.20. The third-order valence-corrected chi connectivity index (χ3v) is 4.94. The van der Waals surface area contributed by atoms with E-state index in [2.05, 4.69) is 0 Å². The van der Waals surface area contributed by atoms with Crippen LogP contribution in [0.1, 0.15) is 64.2 Å². The van der Waals surface area contributed by atoms with Crippen molar-refractivity contribution in [1.82, 2.24) is 0 Å². The van der Waals surface area contributed by atoms with Crippen molar-refractivity contribution in [1.29, 1.82) is 0 Å². The van der Waals surface area contributed by atoms with Crippen LogP contribution in [0.5, 0.6) is 0 Å². The summed E-state index contributed by atoms with van der Waals surface area (Å²) in [5.41, 5.74) is 0. The lowest BCUT2D eigenvalue weighted by Gasteiger charge is -2.05. The first-order valence-electron chi connectivity index (χ1n) is 6.93. The molecule has 0 heterocycles. The molecule has 4 fully saturated rings. The van der Waals surface area contributed by atoms with Gasteiger partial charge in [0.2, 0.25) is 0 Å². The van der Waals surface area contributed by atoms with E-state index < -0.39 is 0 Å². The Kier molecular flexibility index (Phi) is 2.55. The number of hydrogen-bond donors (Lipinski definition) is 0. The minimum absolute atomic E-state index is 1.20. The second-order valence-corrected chi connectivity index (χ2v) is 6.08. The molecule has 0 nitrogen and oxygen atoms in total. The molecule has 4 atom stereocenters. The van der Waals surface area contributed by atoms with Crippen molar-refractivity contribution in [3.05, 3.63) is 0 Å². The maximum atomic E-state index is 1.58. The molecule has 14 heavy (non-hydrogen) atoms. The van der Waals surface area contributed by atoms with E-state index in [1.807, 2.05) is 0 Å². The van der Waals surface area contributed by atoms with E-state index in [-0.39, 0.29) is 0 Å². The Balaban J connectivity index is 0.0000000914. The summed E-state index contributed by atoms with van der Waals surface area (Å²) in [6.45, 7) is 0. The third kappa shape index (κ3) is 2.15. The maximum absolute atomic E-state index is 1.58. The van der Waals surface area contributed by atoms with Crippen molar-refractivity contribution in [2.75, 3.05) is 0 Å². The highest BCUT2D eigenvalue weighted by atomic mass is 14.4. The molecule has 0 bridgehead atoms. The Morgan fingerprint density at radius 2 is 0.714 bits per heavy atom. The van der Waals surface area contributed by atoms with Crippen molar-refractivity contribution in [2.24, 2.45) is 23.7 Å². The molecule has 0 aromatic carbocycles. The molecule has 0 amide bonds. The molecule has 0 aromatic rings. The average Bonchev–Trinajstić information content (AvgIpc) is 3.13. The standard InChI is InChI=1S/2C7H12/c2*1-2-4-7-5-6(7)3-1/h2*6-7H,1-5H2. The Morgan fingerprint density at radius 1 is 0.429 bits per heavy atom. The molecule has 0 heteroatoms. The molecule has 4 saturated carbocycles. The minimum Gasteiger partial charge on any atom is -0.0530 e. The molecule has 0 aromatic heterocycles. The number of fused-ring (bicyclic) bond motifs is 2. The normalized spacial score (nSPS) is 48.0. The topological polar surface area (TPSA) is 0 Å². The van der Waals surface area contributed by atoms with Crippen molar-refractivity contribution in [2.45, 2.75) is 64.2 Å². The van der Waals surface area contributed by atoms with Gasteiger partial charge in [0.1, 0.15) is 0 Å². The Hall–Kier alpha value is 0. The van der Waals surface area contributed by atoms with Crippen LogP contribution in [0.2, 0.25) is 0 Å². The van der Waals surface area contributed by atoms with Gasteiger partial charge < -0.3 is 0 Å². The van der Waals surface area contributed by atoms with Crippen LogP contribution in [0.4, 0.5) is 0 Å². The van der Waals surface area contributed by atoms with Gasteiger partial charge >= 0.3 is 0 Å². The van der Waals surface area contributed by atoms with E-state index in [1.165, 1.54) is 49.4 Å². The second kappa shape index (κ2) is 3.87. The largest absolute Gasteiger partial charge is 0.0530 e. The lowest BCUT2D eigenvalue weighted by molar-refractivity contribution is 0.480. The van der Waals surface area contributed by atoms with Crippen LogP contribution in [0, 0.1) is 23.7 Å². The zero-order valence-electron chi connectivity index (χ0n) is 9.38. The summed E-state index contributed by atoms with van der Waals surface area (Å²) in [4.78, 5) is 0. The van der Waals surface area contributed by atoms with Crippen molar-refractivity contribution in [3.63, 3.8) is 0 Å². The summed E-state index contributed by atoms with van der Waals surface area (Å²) >= 11 is 0. The average molecular weight is 192 g/mol. The predicted molar refractivity (Wildman–Crippen MR) is 60.1 cm³/mol. The monoisotopic (exact) mass is 192 g/mol. The second-order valence-electron chi connectivity index (χ2n) is 6.08. The highest BCUT2D eigenvalue weighted by Crippen LogP contribution is 2.49. The number of rotatable bonds is 0. The van der Waals surface area contributed by atoms with Crippen LogP contribution in [0.15, 0.2) is 0 Å². The van der Waals surface area contributed by atoms with E-state index in [1.54, 1.807) is 38.5 Å². The highest BCUT2D eigenvalue weighted by Gasteiger charge is 2.38. The molecule has 4 rings (SSSR count). The van der Waals surface area contributed by atoms with Gasteiger partial charge in [0, 0.05) is 0 Å². The zero-order chi connectivity index (χ0) is 9.38. The van der Waals surface area contributed by atoms with E-state index >= 15 is 0 Å². The maximum Gasteiger partial charge on any atom is -0.0383 e. The van der Waals surface area contributed by atoms with Crippen LogP contribution in [0.25, 0.3) is 0 Å². The van der Waals surface area contributed by atoms with Crippen molar-refractivity contribution < 1.29 is 0 Å². The van der Waals surface area contributed by atoms with Crippen molar-refractivity contribution in [3.8, 4) is 0 Å².